The van der Waals surface area contributed by atoms with Gasteiger partial charge in [0, 0.05) is 9.99 Å². The zero-order valence-corrected chi connectivity index (χ0v) is 17.1. The van der Waals surface area contributed by atoms with Crippen LogP contribution in [0.3, 0.4) is 0 Å². The lowest BCUT2D eigenvalue weighted by molar-refractivity contribution is -0.0324. The van der Waals surface area contributed by atoms with Gasteiger partial charge < -0.3 is 15.2 Å². The Labute approximate surface area is 172 Å². The van der Waals surface area contributed by atoms with Crippen LogP contribution in [0.4, 0.5) is 0 Å². The third-order valence-corrected chi connectivity index (χ3v) is 5.30. The lowest BCUT2D eigenvalue weighted by Gasteiger charge is -2.27. The molecule has 3 heterocycles. The van der Waals surface area contributed by atoms with Crippen molar-refractivity contribution in [2.75, 3.05) is 6.61 Å². The number of nitrogens with one attached hydrogen (secondary N) is 1. The van der Waals surface area contributed by atoms with Gasteiger partial charge in [0.25, 0.3) is 0 Å². The average molecular weight is 503 g/mol. The predicted molar refractivity (Wildman–Crippen MR) is 109 cm³/mol. The van der Waals surface area contributed by atoms with Gasteiger partial charge in [0.2, 0.25) is 4.77 Å². The van der Waals surface area contributed by atoms with Crippen LogP contribution in [0.5, 0.6) is 0 Å². The van der Waals surface area contributed by atoms with E-state index in [2.05, 4.69) is 43.5 Å². The number of rotatable bonds is 3. The second-order valence-corrected chi connectivity index (χ2v) is 7.84. The van der Waals surface area contributed by atoms with Crippen molar-refractivity contribution < 1.29 is 9.47 Å². The summed E-state index contributed by atoms with van der Waals surface area (Å²) in [4.78, 5) is 0. The maximum absolute atomic E-state index is 5.87. The summed E-state index contributed by atoms with van der Waals surface area (Å²) in [6.45, 7) is 0.430. The quantitative estimate of drug-likeness (QED) is 0.367. The van der Waals surface area contributed by atoms with Crippen molar-refractivity contribution in [2.24, 2.45) is 10.8 Å². The number of hydrazone groups is 1. The van der Waals surface area contributed by atoms with Crippen molar-refractivity contribution in [1.82, 2.24) is 25.2 Å². The fourth-order valence-corrected chi connectivity index (χ4v) is 3.64. The molecule has 0 amide bonds. The second kappa shape index (κ2) is 7.26. The fraction of sp³-hybridized carbons (Fsp3) is 0.357. The van der Waals surface area contributed by atoms with Crippen LogP contribution in [0.1, 0.15) is 12.5 Å². The maximum Gasteiger partial charge on any atom is 0.221 e. The summed E-state index contributed by atoms with van der Waals surface area (Å²) < 4.78 is 16.4. The van der Waals surface area contributed by atoms with E-state index in [1.165, 1.54) is 0 Å². The van der Waals surface area contributed by atoms with Gasteiger partial charge in [-0.05, 0) is 81.7 Å². The van der Waals surface area contributed by atoms with Gasteiger partial charge in [-0.2, -0.15) is 9.78 Å². The van der Waals surface area contributed by atoms with Crippen LogP contribution >= 0.6 is 47.0 Å². The van der Waals surface area contributed by atoms with Crippen molar-refractivity contribution in [3.05, 3.63) is 32.6 Å². The molecular formula is C14H14IN7O2S2. The van der Waals surface area contributed by atoms with E-state index < -0.39 is 6.29 Å². The lowest BCUT2D eigenvalue weighted by Crippen LogP contribution is -2.39. The van der Waals surface area contributed by atoms with Gasteiger partial charge in [0.1, 0.15) is 6.10 Å². The molecule has 1 aromatic heterocycles. The molecule has 136 valence electrons. The molecule has 2 aliphatic rings. The van der Waals surface area contributed by atoms with E-state index in [-0.39, 0.29) is 17.3 Å². The summed E-state index contributed by atoms with van der Waals surface area (Å²) in [6.07, 6.45) is -0.124. The average Bonchev–Trinajstić information content (AvgIpc) is 3.20. The van der Waals surface area contributed by atoms with Gasteiger partial charge in [0.05, 0.1) is 24.0 Å². The van der Waals surface area contributed by atoms with Crippen molar-refractivity contribution in [2.45, 2.75) is 24.9 Å². The minimum atomic E-state index is -0.501. The molecule has 0 saturated carbocycles. The highest BCUT2D eigenvalue weighted by Gasteiger charge is 2.44. The normalized spacial score (nSPS) is 26.2. The number of thiocarbonyl (C=S) groups is 1. The van der Waals surface area contributed by atoms with Crippen LogP contribution < -0.4 is 11.2 Å². The Morgan fingerprint density at radius 3 is 2.85 bits per heavy atom. The molecule has 26 heavy (non-hydrogen) atoms. The number of nitrogens with zero attached hydrogens (tertiary/aromatic N) is 5. The van der Waals surface area contributed by atoms with E-state index in [4.69, 9.17) is 39.6 Å². The molecule has 2 aliphatic heterocycles. The summed E-state index contributed by atoms with van der Waals surface area (Å²) in [6, 6.07) is 7.69. The zero-order chi connectivity index (χ0) is 18.3. The highest BCUT2D eigenvalue weighted by molar-refractivity contribution is 14.1. The number of nitrogens with two attached hydrogens (primary N) is 1. The molecule has 0 aliphatic carbocycles. The molecule has 9 nitrogen and oxygen atoms in total. The summed E-state index contributed by atoms with van der Waals surface area (Å²) in [7, 11) is 0. The molecule has 2 fully saturated rings. The molecule has 3 unspecified atom stereocenters. The molecule has 2 aromatic rings. The molecule has 3 atom stereocenters. The Balaban J connectivity index is 1.65. The number of hydrogen-bond donors (Lipinski definition) is 2. The monoisotopic (exact) mass is 503 g/mol. The molecular weight excluding hydrogens is 489 g/mol. The number of benzene rings is 1. The molecule has 1 aromatic carbocycles. The third-order valence-electron chi connectivity index (χ3n) is 4.13. The van der Waals surface area contributed by atoms with Gasteiger partial charge in [-0.1, -0.05) is 0 Å². The Kier molecular flexibility index (Phi) is 5.00. The Morgan fingerprint density at radius 2 is 2.12 bits per heavy atom. The van der Waals surface area contributed by atoms with Gasteiger partial charge in [-0.25, -0.2) is 4.68 Å². The van der Waals surface area contributed by atoms with Crippen LogP contribution in [0.2, 0.25) is 0 Å². The molecule has 2 bridgehead atoms. The van der Waals surface area contributed by atoms with Crippen molar-refractivity contribution in [1.29, 1.82) is 0 Å². The van der Waals surface area contributed by atoms with Crippen molar-refractivity contribution in [3.8, 4) is 5.69 Å². The number of fused-ring (bicyclic) bond motifs is 2. The maximum atomic E-state index is 5.87. The van der Waals surface area contributed by atoms with Crippen molar-refractivity contribution >= 4 is 57.9 Å². The molecule has 4 rings (SSSR count). The number of ether oxygens (including phenoxy) is 2. The smallest absolute Gasteiger partial charge is 0.221 e. The molecule has 0 radical (unpaired) electrons. The van der Waals surface area contributed by atoms with Gasteiger partial charge >= 0.3 is 0 Å². The lowest BCUT2D eigenvalue weighted by atomic mass is 10.0. The molecule has 3 N–H and O–H groups in total. The number of aromatic nitrogens is 4. The fourth-order valence-electron chi connectivity index (χ4n) is 2.92. The summed E-state index contributed by atoms with van der Waals surface area (Å²) in [5, 5.41) is 12.7. The van der Waals surface area contributed by atoms with Gasteiger partial charge in [-0.15, -0.1) is 0 Å². The predicted octanol–water partition coefficient (Wildman–Crippen LogP) is 1.28. The Bertz CT molecular complexity index is 926. The third kappa shape index (κ3) is 3.38. The van der Waals surface area contributed by atoms with E-state index in [1.807, 2.05) is 24.3 Å². The number of hydrogen-bond acceptors (Lipinski definition) is 7. The highest BCUT2D eigenvalue weighted by Crippen LogP contribution is 2.33. The minimum absolute atomic E-state index is 0.0791. The first kappa shape index (κ1) is 17.9. The van der Waals surface area contributed by atoms with Crippen LogP contribution in [0.25, 0.3) is 5.69 Å². The SMILES string of the molecule is NC(=S)N/N=C1/CC(n2nnn(-c3ccc(I)cc3)c2=S)C2COC1O2. The largest absolute Gasteiger partial charge is 0.375 e. The summed E-state index contributed by atoms with van der Waals surface area (Å²) >= 11 is 12.6. The molecule has 2 saturated heterocycles. The van der Waals surface area contributed by atoms with Crippen LogP contribution in [0, 0.1) is 8.34 Å². The van der Waals surface area contributed by atoms with Gasteiger partial charge in [-0.3, -0.25) is 5.43 Å². The Hall–Kier alpha value is -1.48. The first-order valence-corrected chi connectivity index (χ1v) is 9.62. The van der Waals surface area contributed by atoms with E-state index in [1.54, 1.807) is 9.36 Å². The van der Waals surface area contributed by atoms with E-state index in [0.29, 0.717) is 23.5 Å². The van der Waals surface area contributed by atoms with Crippen molar-refractivity contribution in [3.63, 3.8) is 0 Å². The second-order valence-electron chi connectivity index (χ2n) is 5.78. The van der Waals surface area contributed by atoms with E-state index >= 15 is 0 Å². The first-order valence-electron chi connectivity index (χ1n) is 7.72. The Morgan fingerprint density at radius 1 is 1.35 bits per heavy atom. The topological polar surface area (TPSA) is 105 Å². The van der Waals surface area contributed by atoms with Crippen LogP contribution in [0.15, 0.2) is 29.4 Å². The number of tetrazole rings is 1. The highest BCUT2D eigenvalue weighted by atomic mass is 127. The van der Waals surface area contributed by atoms with Gasteiger partial charge in [0.15, 0.2) is 11.4 Å². The van der Waals surface area contributed by atoms with Crippen LogP contribution in [-0.4, -0.2) is 49.6 Å². The molecule has 0 spiro atoms. The summed E-state index contributed by atoms with van der Waals surface area (Å²) in [5.74, 6) is 0. The van der Waals surface area contributed by atoms with E-state index in [9.17, 15) is 0 Å². The standard InChI is InChI=1S/C14H14IN7O2S2/c15-7-1-3-8(4-2-7)21-14(26)22(20-19-21)10-5-9(17-18-13(16)25)12-23-6-11(10)24-12/h1-4,10-12H,5-6H2,(H3,16,18,25)/b17-9-. The first-order chi connectivity index (χ1) is 12.5. The number of halogens is 1. The molecule has 12 heteroatoms. The van der Waals surface area contributed by atoms with Crippen LogP contribution in [-0.2, 0) is 9.47 Å². The van der Waals surface area contributed by atoms with E-state index in [0.717, 1.165) is 9.26 Å². The zero-order valence-electron chi connectivity index (χ0n) is 13.3. The summed E-state index contributed by atoms with van der Waals surface area (Å²) in [5.41, 5.74) is 9.52. The minimum Gasteiger partial charge on any atom is -0.375 e.